The molecule has 1 rings (SSSR count). The lowest BCUT2D eigenvalue weighted by Crippen LogP contribution is -2.36. The maximum absolute atomic E-state index is 12.5. The van der Waals surface area contributed by atoms with Gasteiger partial charge in [-0.15, -0.1) is 0 Å². The number of alkyl carbamates (subject to hydrolysis) is 1. The summed E-state index contributed by atoms with van der Waals surface area (Å²) in [6, 6.07) is 7.31. The molecule has 0 aliphatic carbocycles. The van der Waals surface area contributed by atoms with E-state index in [2.05, 4.69) is 16.0 Å². The second-order valence-electron chi connectivity index (χ2n) is 7.72. The van der Waals surface area contributed by atoms with E-state index in [0.29, 0.717) is 18.9 Å². The van der Waals surface area contributed by atoms with Gasteiger partial charge in [-0.2, -0.15) is 5.26 Å². The van der Waals surface area contributed by atoms with E-state index in [-0.39, 0.29) is 18.2 Å². The SMILES string of the molecule is CCOc1ccc(C)cc1C(C)NC(=O)/C(C#N)=C\NCCNC(=O)OC(C)(C)C. The molecule has 0 radical (unpaired) electrons. The van der Waals surface area contributed by atoms with Crippen LogP contribution in [0.1, 0.15) is 51.8 Å². The van der Waals surface area contributed by atoms with Crippen molar-refractivity contribution in [2.75, 3.05) is 19.7 Å². The van der Waals surface area contributed by atoms with Crippen LogP contribution in [-0.4, -0.2) is 37.3 Å². The maximum Gasteiger partial charge on any atom is 0.407 e. The monoisotopic (exact) mass is 416 g/mol. The van der Waals surface area contributed by atoms with Crippen LogP contribution < -0.4 is 20.7 Å². The molecule has 1 aromatic carbocycles. The van der Waals surface area contributed by atoms with E-state index in [0.717, 1.165) is 11.1 Å². The van der Waals surface area contributed by atoms with E-state index in [1.165, 1.54) is 6.20 Å². The van der Waals surface area contributed by atoms with Crippen molar-refractivity contribution in [1.82, 2.24) is 16.0 Å². The number of nitrogens with zero attached hydrogens (tertiary/aromatic N) is 1. The zero-order chi connectivity index (χ0) is 22.7. The summed E-state index contributed by atoms with van der Waals surface area (Å²) in [5, 5.41) is 17.6. The van der Waals surface area contributed by atoms with Crippen LogP contribution in [0.15, 0.2) is 30.0 Å². The van der Waals surface area contributed by atoms with Gasteiger partial charge in [0.2, 0.25) is 0 Å². The highest BCUT2D eigenvalue weighted by atomic mass is 16.6. The van der Waals surface area contributed by atoms with Crippen LogP contribution in [-0.2, 0) is 9.53 Å². The number of ether oxygens (including phenoxy) is 2. The number of hydrogen-bond donors (Lipinski definition) is 3. The minimum Gasteiger partial charge on any atom is -0.494 e. The van der Waals surface area contributed by atoms with E-state index in [4.69, 9.17) is 9.47 Å². The average Bonchev–Trinajstić information content (AvgIpc) is 2.64. The van der Waals surface area contributed by atoms with E-state index < -0.39 is 17.6 Å². The first-order valence-corrected chi connectivity index (χ1v) is 9.92. The summed E-state index contributed by atoms with van der Waals surface area (Å²) >= 11 is 0. The van der Waals surface area contributed by atoms with Crippen molar-refractivity contribution < 1.29 is 19.1 Å². The largest absolute Gasteiger partial charge is 0.494 e. The van der Waals surface area contributed by atoms with Crippen LogP contribution in [0, 0.1) is 18.3 Å². The standard InChI is InChI=1S/C22H32N4O4/c1-7-29-19-9-8-15(2)12-18(19)16(3)26-20(27)17(13-23)14-24-10-11-25-21(28)30-22(4,5)6/h8-9,12,14,16,24H,7,10-11H2,1-6H3,(H,25,28)(H,26,27)/b17-14-. The Morgan fingerprint density at radius 1 is 1.27 bits per heavy atom. The van der Waals surface area contributed by atoms with Crippen LogP contribution >= 0.6 is 0 Å². The second-order valence-corrected chi connectivity index (χ2v) is 7.72. The Hall–Kier alpha value is -3.21. The number of benzene rings is 1. The van der Waals surface area contributed by atoms with Crippen LogP contribution in [0.2, 0.25) is 0 Å². The molecular formula is C22H32N4O4. The van der Waals surface area contributed by atoms with Crippen molar-refractivity contribution in [1.29, 1.82) is 5.26 Å². The molecule has 30 heavy (non-hydrogen) atoms. The van der Waals surface area contributed by atoms with E-state index in [1.54, 1.807) is 20.8 Å². The Bertz CT molecular complexity index is 806. The Morgan fingerprint density at radius 3 is 2.57 bits per heavy atom. The van der Waals surface area contributed by atoms with Gasteiger partial charge in [-0.05, 0) is 47.6 Å². The van der Waals surface area contributed by atoms with Gasteiger partial charge in [-0.1, -0.05) is 17.7 Å². The van der Waals surface area contributed by atoms with Gasteiger partial charge in [-0.3, -0.25) is 4.79 Å². The number of nitriles is 1. The minimum absolute atomic E-state index is 0.0651. The highest BCUT2D eigenvalue weighted by Crippen LogP contribution is 2.26. The van der Waals surface area contributed by atoms with E-state index in [1.807, 2.05) is 45.0 Å². The fourth-order valence-electron chi connectivity index (χ4n) is 2.52. The topological polar surface area (TPSA) is 112 Å². The first-order chi connectivity index (χ1) is 14.1. The molecule has 0 fully saturated rings. The molecule has 1 unspecified atom stereocenters. The number of carbonyl (C=O) groups excluding carboxylic acids is 2. The summed E-state index contributed by atoms with van der Waals surface area (Å²) in [7, 11) is 0. The third-order valence-corrected chi connectivity index (χ3v) is 3.83. The first kappa shape index (κ1) is 24.8. The highest BCUT2D eigenvalue weighted by molar-refractivity contribution is 5.97. The zero-order valence-electron chi connectivity index (χ0n) is 18.6. The Morgan fingerprint density at radius 2 is 1.97 bits per heavy atom. The zero-order valence-corrected chi connectivity index (χ0v) is 18.6. The summed E-state index contributed by atoms with van der Waals surface area (Å²) in [5.41, 5.74) is 1.26. The van der Waals surface area contributed by atoms with Gasteiger partial charge >= 0.3 is 6.09 Å². The molecule has 0 saturated carbocycles. The molecule has 0 aliphatic rings. The third kappa shape index (κ3) is 8.86. The van der Waals surface area contributed by atoms with Gasteiger partial charge in [0.05, 0.1) is 12.6 Å². The molecule has 1 aromatic rings. The molecule has 3 N–H and O–H groups in total. The molecule has 0 spiro atoms. The molecule has 164 valence electrons. The molecule has 1 atom stereocenters. The lowest BCUT2D eigenvalue weighted by atomic mass is 10.0. The number of carbonyl (C=O) groups is 2. The van der Waals surface area contributed by atoms with Gasteiger partial charge < -0.3 is 25.4 Å². The van der Waals surface area contributed by atoms with Gasteiger partial charge in [-0.25, -0.2) is 4.79 Å². The fraction of sp³-hybridized carbons (Fsp3) is 0.500. The summed E-state index contributed by atoms with van der Waals surface area (Å²) < 4.78 is 10.8. The Balaban J connectivity index is 2.61. The third-order valence-electron chi connectivity index (χ3n) is 3.83. The molecule has 0 saturated heterocycles. The quantitative estimate of drug-likeness (QED) is 0.324. The highest BCUT2D eigenvalue weighted by Gasteiger charge is 2.18. The Labute approximate surface area is 178 Å². The molecule has 2 amide bonds. The minimum atomic E-state index is -0.570. The number of amides is 2. The molecule has 0 aromatic heterocycles. The van der Waals surface area contributed by atoms with Gasteiger partial charge in [0.1, 0.15) is 23.0 Å². The summed E-state index contributed by atoms with van der Waals surface area (Å²) in [6.07, 6.45) is 0.807. The lowest BCUT2D eigenvalue weighted by molar-refractivity contribution is -0.117. The van der Waals surface area contributed by atoms with Gasteiger partial charge in [0, 0.05) is 24.9 Å². The van der Waals surface area contributed by atoms with Crippen LogP contribution in [0.25, 0.3) is 0 Å². The second kappa shape index (κ2) is 11.7. The fourth-order valence-corrected chi connectivity index (χ4v) is 2.52. The Kier molecular flexibility index (Phi) is 9.69. The van der Waals surface area contributed by atoms with Crippen molar-refractivity contribution >= 4 is 12.0 Å². The van der Waals surface area contributed by atoms with Crippen LogP contribution in [0.5, 0.6) is 5.75 Å². The summed E-state index contributed by atoms with van der Waals surface area (Å²) in [6.45, 7) is 12.2. The summed E-state index contributed by atoms with van der Waals surface area (Å²) in [5.74, 6) is 0.200. The predicted molar refractivity (Wildman–Crippen MR) is 115 cm³/mol. The van der Waals surface area contributed by atoms with E-state index in [9.17, 15) is 14.9 Å². The molecule has 0 bridgehead atoms. The number of aryl methyl sites for hydroxylation is 1. The molecule has 0 aliphatic heterocycles. The molecule has 8 nitrogen and oxygen atoms in total. The number of rotatable bonds is 9. The van der Waals surface area contributed by atoms with Crippen molar-refractivity contribution in [2.24, 2.45) is 0 Å². The van der Waals surface area contributed by atoms with Crippen molar-refractivity contribution in [2.45, 2.75) is 53.2 Å². The van der Waals surface area contributed by atoms with Crippen molar-refractivity contribution in [3.63, 3.8) is 0 Å². The summed E-state index contributed by atoms with van der Waals surface area (Å²) in [4.78, 5) is 24.0. The smallest absolute Gasteiger partial charge is 0.407 e. The van der Waals surface area contributed by atoms with Crippen LogP contribution in [0.4, 0.5) is 4.79 Å². The number of nitrogens with one attached hydrogen (secondary N) is 3. The average molecular weight is 417 g/mol. The first-order valence-electron chi connectivity index (χ1n) is 9.92. The van der Waals surface area contributed by atoms with Crippen molar-refractivity contribution in [3.05, 3.63) is 41.1 Å². The normalized spacial score (nSPS) is 12.4. The van der Waals surface area contributed by atoms with Crippen LogP contribution in [0.3, 0.4) is 0 Å². The molecule has 8 heteroatoms. The van der Waals surface area contributed by atoms with E-state index >= 15 is 0 Å². The van der Waals surface area contributed by atoms with Gasteiger partial charge in [0.25, 0.3) is 5.91 Å². The lowest BCUT2D eigenvalue weighted by Gasteiger charge is -2.19. The molecular weight excluding hydrogens is 384 g/mol. The maximum atomic E-state index is 12.5. The van der Waals surface area contributed by atoms with Gasteiger partial charge in [0.15, 0.2) is 0 Å². The number of hydrogen-bond acceptors (Lipinski definition) is 6. The predicted octanol–water partition coefficient (Wildman–Crippen LogP) is 3.09. The van der Waals surface area contributed by atoms with Crippen molar-refractivity contribution in [3.8, 4) is 11.8 Å². The molecule has 0 heterocycles.